The molecule has 5 heteroatoms. The van der Waals surface area contributed by atoms with Gasteiger partial charge in [0.1, 0.15) is 0 Å². The summed E-state index contributed by atoms with van der Waals surface area (Å²) < 4.78 is 11.0. The number of ether oxygens (including phenoxy) is 2. The van der Waals surface area contributed by atoms with E-state index < -0.39 is 0 Å². The molecule has 0 bridgehead atoms. The third-order valence-corrected chi connectivity index (χ3v) is 3.92. The number of carbonyl (C=O) groups excluding carboxylic acids is 1. The molecule has 0 fully saturated rings. The third-order valence-electron chi connectivity index (χ3n) is 3.92. The van der Waals surface area contributed by atoms with E-state index in [-0.39, 0.29) is 5.91 Å². The predicted molar refractivity (Wildman–Crippen MR) is 106 cm³/mol. The molecule has 0 aliphatic rings. The highest BCUT2D eigenvalue weighted by Crippen LogP contribution is 2.20. The lowest BCUT2D eigenvalue weighted by Crippen LogP contribution is -2.31. The fraction of sp³-hybridized carbons (Fsp3) is 0.381. The number of benzene rings is 2. The van der Waals surface area contributed by atoms with Gasteiger partial charge < -0.3 is 19.7 Å². The molecule has 26 heavy (non-hydrogen) atoms. The highest BCUT2D eigenvalue weighted by Gasteiger charge is 2.09. The molecule has 2 rings (SSSR count). The molecule has 0 heterocycles. The van der Waals surface area contributed by atoms with Crippen LogP contribution in [-0.2, 0) is 9.47 Å². The Morgan fingerprint density at radius 1 is 0.923 bits per heavy atom. The molecule has 0 spiro atoms. The van der Waals surface area contributed by atoms with E-state index in [0.29, 0.717) is 32.0 Å². The summed E-state index contributed by atoms with van der Waals surface area (Å²) in [4.78, 5) is 14.6. The summed E-state index contributed by atoms with van der Waals surface area (Å²) in [7, 11) is 0. The van der Waals surface area contributed by atoms with Gasteiger partial charge in [-0.1, -0.05) is 24.3 Å². The lowest BCUT2D eigenvalue weighted by molar-refractivity contribution is 0.102. The second-order valence-electron chi connectivity index (χ2n) is 5.75. The zero-order chi connectivity index (χ0) is 18.6. The van der Waals surface area contributed by atoms with Gasteiger partial charge in [-0.05, 0) is 44.2 Å². The number of nitrogens with zero attached hydrogens (tertiary/aromatic N) is 1. The lowest BCUT2D eigenvalue weighted by atomic mass is 10.2. The summed E-state index contributed by atoms with van der Waals surface area (Å²) in [6.07, 6.45) is 0. The highest BCUT2D eigenvalue weighted by atomic mass is 16.5. The van der Waals surface area contributed by atoms with Crippen LogP contribution >= 0.6 is 0 Å². The molecule has 0 saturated carbocycles. The first-order valence-corrected chi connectivity index (χ1v) is 9.11. The number of anilines is 2. The molecule has 2 aromatic carbocycles. The Bertz CT molecular complexity index is 651. The monoisotopic (exact) mass is 356 g/mol. The van der Waals surface area contributed by atoms with Gasteiger partial charge in [-0.15, -0.1) is 0 Å². The first-order chi connectivity index (χ1) is 12.7. The largest absolute Gasteiger partial charge is 0.380 e. The summed E-state index contributed by atoms with van der Waals surface area (Å²) in [5, 5.41) is 2.96. The van der Waals surface area contributed by atoms with E-state index in [2.05, 4.69) is 10.2 Å². The minimum atomic E-state index is -0.113. The second-order valence-corrected chi connectivity index (χ2v) is 5.75. The molecule has 2 aromatic rings. The first kappa shape index (κ1) is 19.9. The summed E-state index contributed by atoms with van der Waals surface area (Å²) in [6, 6.07) is 17.1. The normalized spacial score (nSPS) is 10.5. The van der Waals surface area contributed by atoms with Crippen molar-refractivity contribution in [3.8, 4) is 0 Å². The lowest BCUT2D eigenvalue weighted by Gasteiger charge is -2.25. The standard InChI is InChI=1S/C21H28N2O3/c1-3-25-15-13-23(14-16-26-4-2)20-12-8-11-19(17-20)22-21(24)18-9-6-5-7-10-18/h5-12,17H,3-4,13-16H2,1-2H3,(H,22,24). The summed E-state index contributed by atoms with van der Waals surface area (Å²) in [5.74, 6) is -0.113. The Morgan fingerprint density at radius 2 is 1.58 bits per heavy atom. The summed E-state index contributed by atoms with van der Waals surface area (Å²) >= 11 is 0. The molecule has 140 valence electrons. The third kappa shape index (κ3) is 6.50. The fourth-order valence-electron chi connectivity index (χ4n) is 2.58. The molecule has 5 nitrogen and oxygen atoms in total. The Labute approximate surface area is 155 Å². The van der Waals surface area contributed by atoms with Gasteiger partial charge in [0.15, 0.2) is 0 Å². The second kappa shape index (κ2) is 11.3. The van der Waals surface area contributed by atoms with Crippen LogP contribution in [0.1, 0.15) is 24.2 Å². The average Bonchev–Trinajstić information content (AvgIpc) is 2.68. The molecule has 0 aliphatic heterocycles. The van der Waals surface area contributed by atoms with Gasteiger partial charge >= 0.3 is 0 Å². The molecule has 0 saturated heterocycles. The number of hydrogen-bond donors (Lipinski definition) is 1. The number of amides is 1. The molecule has 0 aromatic heterocycles. The van der Waals surface area contributed by atoms with Crippen molar-refractivity contribution in [3.63, 3.8) is 0 Å². The zero-order valence-corrected chi connectivity index (χ0v) is 15.6. The van der Waals surface area contributed by atoms with Crippen LogP contribution in [-0.4, -0.2) is 45.4 Å². The summed E-state index contributed by atoms with van der Waals surface area (Å²) in [5.41, 5.74) is 2.45. The molecule has 0 atom stereocenters. The predicted octanol–water partition coefficient (Wildman–Crippen LogP) is 3.82. The van der Waals surface area contributed by atoms with Crippen LogP contribution in [0.15, 0.2) is 54.6 Å². The van der Waals surface area contributed by atoms with Crippen LogP contribution in [0.2, 0.25) is 0 Å². The van der Waals surface area contributed by atoms with Crippen LogP contribution in [0.4, 0.5) is 11.4 Å². The molecule has 1 N–H and O–H groups in total. The van der Waals surface area contributed by atoms with Gasteiger partial charge in [-0.3, -0.25) is 4.79 Å². The van der Waals surface area contributed by atoms with Gasteiger partial charge in [0.2, 0.25) is 0 Å². The topological polar surface area (TPSA) is 50.8 Å². The van der Waals surface area contributed by atoms with E-state index in [1.807, 2.05) is 56.3 Å². The van der Waals surface area contributed by atoms with Crippen molar-refractivity contribution in [2.24, 2.45) is 0 Å². The minimum absolute atomic E-state index is 0.113. The van der Waals surface area contributed by atoms with Crippen LogP contribution in [0, 0.1) is 0 Å². The van der Waals surface area contributed by atoms with E-state index in [1.54, 1.807) is 12.1 Å². The highest BCUT2D eigenvalue weighted by molar-refractivity contribution is 6.04. The number of rotatable bonds is 11. The van der Waals surface area contributed by atoms with E-state index >= 15 is 0 Å². The van der Waals surface area contributed by atoms with Gasteiger partial charge in [0, 0.05) is 43.2 Å². The number of hydrogen-bond acceptors (Lipinski definition) is 4. The van der Waals surface area contributed by atoms with Crippen LogP contribution in [0.3, 0.4) is 0 Å². The van der Waals surface area contributed by atoms with Gasteiger partial charge in [-0.25, -0.2) is 0 Å². The number of carbonyl (C=O) groups is 1. The Kier molecular flexibility index (Phi) is 8.66. The molecule has 0 unspecified atom stereocenters. The quantitative estimate of drug-likeness (QED) is 0.622. The van der Waals surface area contributed by atoms with E-state index in [0.717, 1.165) is 24.5 Å². The van der Waals surface area contributed by atoms with Crippen LogP contribution in [0.5, 0.6) is 0 Å². The maximum absolute atomic E-state index is 12.4. The molecular formula is C21H28N2O3. The fourth-order valence-corrected chi connectivity index (χ4v) is 2.58. The van der Waals surface area contributed by atoms with Crippen molar-refractivity contribution in [3.05, 3.63) is 60.2 Å². The maximum Gasteiger partial charge on any atom is 0.255 e. The van der Waals surface area contributed by atoms with Gasteiger partial charge in [0.25, 0.3) is 5.91 Å². The minimum Gasteiger partial charge on any atom is -0.380 e. The van der Waals surface area contributed by atoms with Crippen molar-refractivity contribution in [2.75, 3.05) is 49.7 Å². The van der Waals surface area contributed by atoms with Crippen molar-refractivity contribution >= 4 is 17.3 Å². The van der Waals surface area contributed by atoms with Crippen LogP contribution in [0.25, 0.3) is 0 Å². The molecular weight excluding hydrogens is 328 g/mol. The van der Waals surface area contributed by atoms with Crippen molar-refractivity contribution in [2.45, 2.75) is 13.8 Å². The Morgan fingerprint density at radius 3 is 2.19 bits per heavy atom. The first-order valence-electron chi connectivity index (χ1n) is 9.11. The van der Waals surface area contributed by atoms with Crippen LogP contribution < -0.4 is 10.2 Å². The molecule has 1 amide bonds. The zero-order valence-electron chi connectivity index (χ0n) is 15.6. The van der Waals surface area contributed by atoms with Crippen molar-refractivity contribution < 1.29 is 14.3 Å². The van der Waals surface area contributed by atoms with Crippen molar-refractivity contribution in [1.29, 1.82) is 0 Å². The Hall–Kier alpha value is -2.37. The maximum atomic E-state index is 12.4. The van der Waals surface area contributed by atoms with E-state index in [4.69, 9.17) is 9.47 Å². The van der Waals surface area contributed by atoms with Crippen molar-refractivity contribution in [1.82, 2.24) is 0 Å². The van der Waals surface area contributed by atoms with E-state index in [1.165, 1.54) is 0 Å². The number of nitrogens with one attached hydrogen (secondary N) is 1. The van der Waals surface area contributed by atoms with Gasteiger partial charge in [0.05, 0.1) is 13.2 Å². The van der Waals surface area contributed by atoms with Gasteiger partial charge in [-0.2, -0.15) is 0 Å². The molecule has 0 radical (unpaired) electrons. The average molecular weight is 356 g/mol. The van der Waals surface area contributed by atoms with E-state index in [9.17, 15) is 4.79 Å². The summed E-state index contributed by atoms with van der Waals surface area (Å²) in [6.45, 7) is 8.24. The Balaban J connectivity index is 2.06. The smallest absolute Gasteiger partial charge is 0.255 e. The SMILES string of the molecule is CCOCCN(CCOCC)c1cccc(NC(=O)c2ccccc2)c1. The molecule has 0 aliphatic carbocycles.